The summed E-state index contributed by atoms with van der Waals surface area (Å²) in [6.45, 7) is 11.0. The average Bonchev–Trinajstić information content (AvgIpc) is 2.62. The fraction of sp³-hybridized carbons (Fsp3) is 0.476. The van der Waals surface area contributed by atoms with Crippen LogP contribution in [0.3, 0.4) is 0 Å². The van der Waals surface area contributed by atoms with E-state index in [0.717, 1.165) is 0 Å². The molecule has 0 bridgehead atoms. The Morgan fingerprint density at radius 1 is 1.03 bits per heavy atom. The molecule has 8 heteroatoms. The Hall–Kier alpha value is -2.41. The molecule has 0 unspecified atom stereocenters. The highest BCUT2D eigenvalue weighted by Gasteiger charge is 2.59. The standard InChI is InChI=1S/C21H26ClFO6/c1-7-27-18(25)21(23,19(26)28-8-2)16(14-9-11-15(22)12-10-14)13(3)17(24)29-20(4,5)6/h9-12,16H,3,7-8H2,1-2,4-6H3/t16-/m1/s1. The maximum atomic E-state index is 16.2. The van der Waals surface area contributed by atoms with Gasteiger partial charge in [-0.05, 0) is 52.3 Å². The normalized spacial score (nSPS) is 12.7. The van der Waals surface area contributed by atoms with Crippen molar-refractivity contribution in [2.45, 2.75) is 51.8 Å². The fourth-order valence-corrected chi connectivity index (χ4v) is 2.70. The minimum Gasteiger partial charge on any atom is -0.463 e. The van der Waals surface area contributed by atoms with Crippen molar-refractivity contribution in [1.29, 1.82) is 0 Å². The summed E-state index contributed by atoms with van der Waals surface area (Å²) in [6.07, 6.45) is 0. The van der Waals surface area contributed by atoms with Gasteiger partial charge in [0.05, 0.1) is 19.1 Å². The smallest absolute Gasteiger partial charge is 0.356 e. The number of carbonyl (C=O) groups excluding carboxylic acids is 3. The molecule has 1 aromatic rings. The monoisotopic (exact) mass is 428 g/mol. The van der Waals surface area contributed by atoms with Gasteiger partial charge in [-0.3, -0.25) is 0 Å². The first-order valence-electron chi connectivity index (χ1n) is 9.09. The summed E-state index contributed by atoms with van der Waals surface area (Å²) in [5.41, 5.74) is -4.59. The molecule has 0 spiro atoms. The van der Waals surface area contributed by atoms with Crippen LogP contribution in [0.25, 0.3) is 0 Å². The van der Waals surface area contributed by atoms with E-state index in [0.29, 0.717) is 5.02 Å². The molecule has 0 saturated carbocycles. The van der Waals surface area contributed by atoms with E-state index in [2.05, 4.69) is 6.58 Å². The van der Waals surface area contributed by atoms with Crippen molar-refractivity contribution in [3.05, 3.63) is 47.0 Å². The van der Waals surface area contributed by atoms with Gasteiger partial charge in [-0.1, -0.05) is 30.3 Å². The quantitative estimate of drug-likeness (QED) is 0.268. The van der Waals surface area contributed by atoms with Crippen molar-refractivity contribution < 1.29 is 33.0 Å². The van der Waals surface area contributed by atoms with Crippen LogP contribution < -0.4 is 0 Å². The van der Waals surface area contributed by atoms with Gasteiger partial charge in [0.15, 0.2) is 0 Å². The van der Waals surface area contributed by atoms with Crippen LogP contribution in [0.1, 0.15) is 46.1 Å². The summed E-state index contributed by atoms with van der Waals surface area (Å²) in [7, 11) is 0. The molecule has 0 aliphatic heterocycles. The molecule has 6 nitrogen and oxygen atoms in total. The number of hydrogen-bond acceptors (Lipinski definition) is 6. The van der Waals surface area contributed by atoms with Gasteiger partial charge in [0.25, 0.3) is 0 Å². The molecule has 0 aliphatic carbocycles. The molecular weight excluding hydrogens is 403 g/mol. The molecule has 0 N–H and O–H groups in total. The Labute approximate surface area is 175 Å². The molecule has 1 aromatic carbocycles. The zero-order valence-corrected chi connectivity index (χ0v) is 18.0. The number of benzene rings is 1. The first-order chi connectivity index (χ1) is 13.4. The lowest BCUT2D eigenvalue weighted by Gasteiger charge is -2.32. The predicted octanol–water partition coefficient (Wildman–Crippen LogP) is 4.16. The lowest BCUT2D eigenvalue weighted by atomic mass is 9.78. The molecule has 0 radical (unpaired) electrons. The van der Waals surface area contributed by atoms with Gasteiger partial charge < -0.3 is 14.2 Å². The Morgan fingerprint density at radius 2 is 1.48 bits per heavy atom. The van der Waals surface area contributed by atoms with Gasteiger partial charge in [-0.25, -0.2) is 18.8 Å². The highest BCUT2D eigenvalue weighted by Crippen LogP contribution is 2.41. The molecule has 1 rings (SSSR count). The lowest BCUT2D eigenvalue weighted by Crippen LogP contribution is -2.51. The van der Waals surface area contributed by atoms with E-state index < -0.39 is 40.7 Å². The summed E-state index contributed by atoms with van der Waals surface area (Å²) < 4.78 is 31.1. The van der Waals surface area contributed by atoms with Crippen molar-refractivity contribution in [2.24, 2.45) is 0 Å². The van der Waals surface area contributed by atoms with E-state index >= 15 is 4.39 Å². The largest absolute Gasteiger partial charge is 0.463 e. The van der Waals surface area contributed by atoms with E-state index in [9.17, 15) is 14.4 Å². The minimum atomic E-state index is -3.35. The van der Waals surface area contributed by atoms with Crippen molar-refractivity contribution in [3.8, 4) is 0 Å². The molecule has 160 valence electrons. The van der Waals surface area contributed by atoms with Gasteiger partial charge in [0.1, 0.15) is 5.60 Å². The molecule has 29 heavy (non-hydrogen) atoms. The third-order valence-corrected chi connectivity index (χ3v) is 4.01. The van der Waals surface area contributed by atoms with Crippen LogP contribution in [-0.2, 0) is 28.6 Å². The van der Waals surface area contributed by atoms with Crippen molar-refractivity contribution in [1.82, 2.24) is 0 Å². The van der Waals surface area contributed by atoms with Crippen LogP contribution in [-0.4, -0.2) is 42.4 Å². The van der Waals surface area contributed by atoms with E-state index in [1.165, 1.54) is 38.1 Å². The van der Waals surface area contributed by atoms with E-state index in [1.54, 1.807) is 20.8 Å². The van der Waals surface area contributed by atoms with Crippen LogP contribution in [0.15, 0.2) is 36.4 Å². The Morgan fingerprint density at radius 3 is 1.86 bits per heavy atom. The summed E-state index contributed by atoms with van der Waals surface area (Å²) in [4.78, 5) is 37.7. The van der Waals surface area contributed by atoms with Gasteiger partial charge in [-0.15, -0.1) is 0 Å². The molecule has 1 atom stereocenters. The highest BCUT2D eigenvalue weighted by molar-refractivity contribution is 6.30. The van der Waals surface area contributed by atoms with Crippen LogP contribution in [0, 0.1) is 0 Å². The highest BCUT2D eigenvalue weighted by atomic mass is 35.5. The topological polar surface area (TPSA) is 78.9 Å². The van der Waals surface area contributed by atoms with Crippen LogP contribution in [0.2, 0.25) is 5.02 Å². The molecule has 0 saturated heterocycles. The molecule has 0 aliphatic rings. The minimum absolute atomic E-state index is 0.105. The summed E-state index contributed by atoms with van der Waals surface area (Å²) in [5, 5.41) is 0.340. The molecule has 0 amide bonds. The van der Waals surface area contributed by atoms with Gasteiger partial charge >= 0.3 is 23.6 Å². The van der Waals surface area contributed by atoms with Gasteiger partial charge in [-0.2, -0.15) is 0 Å². The second-order valence-corrected chi connectivity index (χ2v) is 7.60. The number of hydrogen-bond donors (Lipinski definition) is 0. The fourth-order valence-electron chi connectivity index (χ4n) is 2.58. The molecule has 0 heterocycles. The van der Waals surface area contributed by atoms with Gasteiger partial charge in [0, 0.05) is 10.6 Å². The molecule has 0 fully saturated rings. The Kier molecular flexibility index (Phi) is 8.38. The number of rotatable bonds is 8. The maximum absolute atomic E-state index is 16.2. The Bertz CT molecular complexity index is 748. The maximum Gasteiger partial charge on any atom is 0.356 e. The number of ether oxygens (including phenoxy) is 3. The lowest BCUT2D eigenvalue weighted by molar-refractivity contribution is -0.176. The van der Waals surface area contributed by atoms with Crippen molar-refractivity contribution >= 4 is 29.5 Å². The van der Waals surface area contributed by atoms with E-state index in [1.807, 2.05) is 0 Å². The summed E-state index contributed by atoms with van der Waals surface area (Å²) >= 11 is 5.89. The van der Waals surface area contributed by atoms with Gasteiger partial charge in [0.2, 0.25) is 0 Å². The predicted molar refractivity (Wildman–Crippen MR) is 106 cm³/mol. The summed E-state index contributed by atoms with van der Waals surface area (Å²) in [6, 6.07) is 5.64. The number of carbonyl (C=O) groups is 3. The third kappa shape index (κ3) is 6.03. The number of halogens is 2. The third-order valence-electron chi connectivity index (χ3n) is 3.76. The molecular formula is C21H26ClFO6. The van der Waals surface area contributed by atoms with Crippen molar-refractivity contribution in [2.75, 3.05) is 13.2 Å². The number of esters is 3. The summed E-state index contributed by atoms with van der Waals surface area (Å²) in [5.74, 6) is -5.67. The second kappa shape index (κ2) is 9.87. The van der Waals surface area contributed by atoms with Crippen LogP contribution >= 0.6 is 11.6 Å². The number of alkyl halides is 1. The zero-order valence-electron chi connectivity index (χ0n) is 17.2. The second-order valence-electron chi connectivity index (χ2n) is 7.16. The Balaban J connectivity index is 3.62. The van der Waals surface area contributed by atoms with Crippen molar-refractivity contribution in [3.63, 3.8) is 0 Å². The first-order valence-corrected chi connectivity index (χ1v) is 9.47. The average molecular weight is 429 g/mol. The van der Waals surface area contributed by atoms with E-state index in [-0.39, 0.29) is 18.8 Å². The zero-order chi connectivity index (χ0) is 22.4. The van der Waals surface area contributed by atoms with Crippen LogP contribution in [0.5, 0.6) is 0 Å². The molecule has 0 aromatic heterocycles. The SMILES string of the molecule is C=C(C(=O)OC(C)(C)C)[C@H](c1ccc(Cl)cc1)C(F)(C(=O)OCC)C(=O)OCC. The van der Waals surface area contributed by atoms with Crippen LogP contribution in [0.4, 0.5) is 4.39 Å². The first kappa shape index (κ1) is 24.6. The van der Waals surface area contributed by atoms with E-state index in [4.69, 9.17) is 25.8 Å².